The largest absolute Gasteiger partial charge is 0.476 e. The highest BCUT2D eigenvalue weighted by Gasteiger charge is 2.07. The van der Waals surface area contributed by atoms with Gasteiger partial charge in [-0.05, 0) is 6.07 Å². The molecular formula is C9H8ClNO2. The first-order valence-corrected chi connectivity index (χ1v) is 4.20. The van der Waals surface area contributed by atoms with Gasteiger partial charge >= 0.3 is 5.97 Å². The highest BCUT2D eigenvalue weighted by molar-refractivity contribution is 6.19. The highest BCUT2D eigenvalue weighted by atomic mass is 35.5. The lowest BCUT2D eigenvalue weighted by molar-refractivity contribution is 0.0690. The van der Waals surface area contributed by atoms with E-state index in [-0.39, 0.29) is 5.69 Å². The Morgan fingerprint density at radius 3 is 3.08 bits per heavy atom. The van der Waals surface area contributed by atoms with Crippen molar-refractivity contribution in [2.24, 2.45) is 0 Å². The molecule has 1 N–H and O–H groups in total. The Kier molecular flexibility index (Phi) is 3.46. The number of carboxylic acids is 1. The van der Waals surface area contributed by atoms with Crippen molar-refractivity contribution >= 4 is 23.6 Å². The van der Waals surface area contributed by atoms with Crippen LogP contribution in [-0.2, 0) is 0 Å². The molecule has 3 nitrogen and oxygen atoms in total. The van der Waals surface area contributed by atoms with Crippen LogP contribution in [-0.4, -0.2) is 21.9 Å². The predicted molar refractivity (Wildman–Crippen MR) is 51.0 cm³/mol. The lowest BCUT2D eigenvalue weighted by atomic mass is 10.2. The van der Waals surface area contributed by atoms with Crippen molar-refractivity contribution in [2.75, 3.05) is 5.88 Å². The lowest BCUT2D eigenvalue weighted by Gasteiger charge is -1.97. The van der Waals surface area contributed by atoms with Crippen LogP contribution in [0.1, 0.15) is 16.1 Å². The summed E-state index contributed by atoms with van der Waals surface area (Å²) in [5, 5.41) is 8.74. The standard InChI is InChI=1S/C9H8ClNO2/c10-5-1-3-7-4-2-6-11-8(7)9(12)13/h1-4,6H,5H2,(H,12,13). The van der Waals surface area contributed by atoms with E-state index < -0.39 is 5.97 Å². The lowest BCUT2D eigenvalue weighted by Crippen LogP contribution is -2.02. The van der Waals surface area contributed by atoms with Crippen LogP contribution in [0.15, 0.2) is 24.4 Å². The van der Waals surface area contributed by atoms with Crippen molar-refractivity contribution in [2.45, 2.75) is 0 Å². The number of hydrogen-bond donors (Lipinski definition) is 1. The molecule has 4 heteroatoms. The second kappa shape index (κ2) is 4.62. The van der Waals surface area contributed by atoms with Crippen molar-refractivity contribution in [3.8, 4) is 0 Å². The van der Waals surface area contributed by atoms with E-state index in [0.29, 0.717) is 11.4 Å². The minimum Gasteiger partial charge on any atom is -0.476 e. The molecule has 1 heterocycles. The van der Waals surface area contributed by atoms with E-state index in [4.69, 9.17) is 16.7 Å². The Hall–Kier alpha value is -1.35. The Balaban J connectivity index is 3.05. The number of halogens is 1. The number of carbonyl (C=O) groups is 1. The molecule has 0 aliphatic rings. The molecule has 0 fully saturated rings. The zero-order valence-electron chi connectivity index (χ0n) is 6.77. The molecule has 13 heavy (non-hydrogen) atoms. The van der Waals surface area contributed by atoms with Gasteiger partial charge in [-0.2, -0.15) is 0 Å². The molecule has 0 unspecified atom stereocenters. The van der Waals surface area contributed by atoms with E-state index in [1.54, 1.807) is 24.3 Å². The van der Waals surface area contributed by atoms with Gasteiger partial charge < -0.3 is 5.11 Å². The number of aromatic nitrogens is 1. The van der Waals surface area contributed by atoms with E-state index in [2.05, 4.69) is 4.98 Å². The van der Waals surface area contributed by atoms with E-state index in [1.165, 1.54) is 6.20 Å². The molecular weight excluding hydrogens is 190 g/mol. The van der Waals surface area contributed by atoms with Crippen LogP contribution in [0.4, 0.5) is 0 Å². The first-order valence-electron chi connectivity index (χ1n) is 3.66. The average molecular weight is 198 g/mol. The third-order valence-corrected chi connectivity index (χ3v) is 1.61. The van der Waals surface area contributed by atoms with Gasteiger partial charge in [0.05, 0.1) is 0 Å². The molecule has 0 saturated carbocycles. The molecule has 1 aromatic rings. The smallest absolute Gasteiger partial charge is 0.355 e. The molecule has 1 rings (SSSR count). The molecule has 0 spiro atoms. The molecule has 0 amide bonds. The number of pyridine rings is 1. The molecule has 0 radical (unpaired) electrons. The van der Waals surface area contributed by atoms with Crippen LogP contribution in [0.3, 0.4) is 0 Å². The number of hydrogen-bond acceptors (Lipinski definition) is 2. The first kappa shape index (κ1) is 9.74. The number of allylic oxidation sites excluding steroid dienone is 1. The van der Waals surface area contributed by atoms with E-state index in [0.717, 1.165) is 0 Å². The van der Waals surface area contributed by atoms with Crippen LogP contribution < -0.4 is 0 Å². The molecule has 0 saturated heterocycles. The van der Waals surface area contributed by atoms with Gasteiger partial charge in [-0.1, -0.05) is 18.2 Å². The third-order valence-electron chi connectivity index (χ3n) is 1.43. The summed E-state index contributed by atoms with van der Waals surface area (Å²) in [6.45, 7) is 0. The average Bonchev–Trinajstić information content (AvgIpc) is 2.15. The van der Waals surface area contributed by atoms with Gasteiger partial charge in [0.15, 0.2) is 5.69 Å². The van der Waals surface area contributed by atoms with Crippen LogP contribution in [0.5, 0.6) is 0 Å². The molecule has 0 aliphatic heterocycles. The van der Waals surface area contributed by atoms with Crippen LogP contribution >= 0.6 is 11.6 Å². The number of carboxylic acid groups (broad SMARTS) is 1. The number of nitrogens with zero attached hydrogens (tertiary/aromatic N) is 1. The third kappa shape index (κ3) is 2.56. The van der Waals surface area contributed by atoms with E-state index >= 15 is 0 Å². The fourth-order valence-corrected chi connectivity index (χ4v) is 0.992. The summed E-state index contributed by atoms with van der Waals surface area (Å²) in [6.07, 6.45) is 4.76. The number of aromatic carboxylic acids is 1. The summed E-state index contributed by atoms with van der Waals surface area (Å²) in [5.74, 6) is -0.677. The fraction of sp³-hybridized carbons (Fsp3) is 0.111. The molecule has 0 aliphatic carbocycles. The summed E-state index contributed by atoms with van der Waals surface area (Å²) >= 11 is 5.43. The zero-order chi connectivity index (χ0) is 9.68. The van der Waals surface area contributed by atoms with Gasteiger partial charge in [-0.3, -0.25) is 0 Å². The SMILES string of the molecule is O=C(O)c1ncccc1C=CCCl. The second-order valence-corrected chi connectivity index (χ2v) is 2.61. The Labute approximate surface area is 80.7 Å². The Morgan fingerprint density at radius 2 is 2.46 bits per heavy atom. The highest BCUT2D eigenvalue weighted by Crippen LogP contribution is 2.07. The molecule has 1 aromatic heterocycles. The molecule has 0 bridgehead atoms. The fourth-order valence-electron chi connectivity index (χ4n) is 0.902. The first-order chi connectivity index (χ1) is 6.25. The van der Waals surface area contributed by atoms with Gasteiger partial charge in [0.1, 0.15) is 0 Å². The molecule has 0 aromatic carbocycles. The topological polar surface area (TPSA) is 50.2 Å². The maximum Gasteiger partial charge on any atom is 0.355 e. The van der Waals surface area contributed by atoms with Gasteiger partial charge in [0.25, 0.3) is 0 Å². The van der Waals surface area contributed by atoms with Gasteiger partial charge in [-0.25, -0.2) is 9.78 Å². The summed E-state index contributed by atoms with van der Waals surface area (Å²) in [4.78, 5) is 14.4. The minimum absolute atomic E-state index is 0.0452. The Bertz CT molecular complexity index is 336. The zero-order valence-corrected chi connectivity index (χ0v) is 7.53. The summed E-state index contributed by atoms with van der Waals surface area (Å²) in [7, 11) is 0. The minimum atomic E-state index is -1.03. The van der Waals surface area contributed by atoms with Crippen molar-refractivity contribution < 1.29 is 9.90 Å². The normalized spacial score (nSPS) is 10.5. The van der Waals surface area contributed by atoms with Gasteiger partial charge in [-0.15, -0.1) is 11.6 Å². The quantitative estimate of drug-likeness (QED) is 0.755. The Morgan fingerprint density at radius 1 is 1.69 bits per heavy atom. The monoisotopic (exact) mass is 197 g/mol. The van der Waals surface area contributed by atoms with E-state index in [1.807, 2.05) is 0 Å². The van der Waals surface area contributed by atoms with Gasteiger partial charge in [0.2, 0.25) is 0 Å². The van der Waals surface area contributed by atoms with Gasteiger partial charge in [0, 0.05) is 17.6 Å². The predicted octanol–water partition coefficient (Wildman–Crippen LogP) is 2.03. The van der Waals surface area contributed by atoms with E-state index in [9.17, 15) is 4.79 Å². The van der Waals surface area contributed by atoms with Crippen LogP contribution in [0.2, 0.25) is 0 Å². The summed E-state index contributed by atoms with van der Waals surface area (Å²) in [6, 6.07) is 3.36. The summed E-state index contributed by atoms with van der Waals surface area (Å²) < 4.78 is 0. The summed E-state index contributed by atoms with van der Waals surface area (Å²) in [5.41, 5.74) is 0.611. The van der Waals surface area contributed by atoms with Crippen molar-refractivity contribution in [3.63, 3.8) is 0 Å². The van der Waals surface area contributed by atoms with Crippen LogP contribution in [0, 0.1) is 0 Å². The van der Waals surface area contributed by atoms with Crippen LogP contribution in [0.25, 0.3) is 6.08 Å². The van der Waals surface area contributed by atoms with Crippen molar-refractivity contribution in [1.29, 1.82) is 0 Å². The maximum absolute atomic E-state index is 10.7. The number of rotatable bonds is 3. The van der Waals surface area contributed by atoms with Crippen molar-refractivity contribution in [1.82, 2.24) is 4.98 Å². The maximum atomic E-state index is 10.7. The second-order valence-electron chi connectivity index (χ2n) is 2.30. The molecule has 68 valence electrons. The number of alkyl halides is 1. The molecule has 0 atom stereocenters. The van der Waals surface area contributed by atoms with Crippen molar-refractivity contribution in [3.05, 3.63) is 35.7 Å².